The zero-order chi connectivity index (χ0) is 37.5. The van der Waals surface area contributed by atoms with Crippen LogP contribution in [0.4, 0.5) is 4.79 Å². The number of aliphatic hydroxyl groups excluding tert-OH is 1. The molecule has 1 heterocycles. The fourth-order valence-corrected chi connectivity index (χ4v) is 4.42. The molecular weight excluding hydrogens is 666 g/mol. The molecular formula is C31H43N5O14. The number of ether oxygens (including phenoxy) is 3. The maximum absolute atomic E-state index is 13.4. The Labute approximate surface area is 286 Å². The highest BCUT2D eigenvalue weighted by Crippen LogP contribution is 2.25. The fourth-order valence-electron chi connectivity index (χ4n) is 4.42. The smallest absolute Gasteiger partial charge is 0.408 e. The fraction of sp³-hybridized carbons (Fsp3) is 0.548. The number of nitrogens with zero attached hydrogens (tertiary/aromatic N) is 1. The first-order valence-corrected chi connectivity index (χ1v) is 15.7. The molecule has 1 aliphatic heterocycles. The highest BCUT2D eigenvalue weighted by molar-refractivity contribution is 5.97. The summed E-state index contributed by atoms with van der Waals surface area (Å²) in [6.45, 7) is 4.78. The highest BCUT2D eigenvalue weighted by atomic mass is 16.6. The molecule has 19 heteroatoms. The van der Waals surface area contributed by atoms with Crippen LogP contribution in [0, 0.1) is 5.92 Å². The van der Waals surface area contributed by atoms with Gasteiger partial charge in [0.2, 0.25) is 11.8 Å². The average molecular weight is 710 g/mol. The lowest BCUT2D eigenvalue weighted by atomic mass is 9.97. The van der Waals surface area contributed by atoms with Gasteiger partial charge in [-0.2, -0.15) is 0 Å². The molecule has 50 heavy (non-hydrogen) atoms. The van der Waals surface area contributed by atoms with Gasteiger partial charge < -0.3 is 45.5 Å². The lowest BCUT2D eigenvalue weighted by Crippen LogP contribution is -2.62. The van der Waals surface area contributed by atoms with Crippen molar-refractivity contribution in [3.05, 3.63) is 35.9 Å². The number of carboxylic acids is 2. The van der Waals surface area contributed by atoms with E-state index < -0.39 is 109 Å². The van der Waals surface area contributed by atoms with Crippen molar-refractivity contribution in [3.8, 4) is 0 Å². The van der Waals surface area contributed by atoms with Crippen molar-refractivity contribution >= 4 is 47.6 Å². The normalized spacial score (nSPS) is 17.7. The van der Waals surface area contributed by atoms with Gasteiger partial charge in [0.25, 0.3) is 11.8 Å². The molecule has 7 atom stereocenters. The summed E-state index contributed by atoms with van der Waals surface area (Å²) in [6, 6.07) is 4.01. The van der Waals surface area contributed by atoms with E-state index in [1.165, 1.54) is 6.92 Å². The van der Waals surface area contributed by atoms with Gasteiger partial charge in [0.05, 0.1) is 12.7 Å². The molecule has 5 amide bonds. The van der Waals surface area contributed by atoms with Crippen LogP contribution in [0.2, 0.25) is 0 Å². The molecule has 0 bridgehead atoms. The zero-order valence-electron chi connectivity index (χ0n) is 28.0. The summed E-state index contributed by atoms with van der Waals surface area (Å²) < 4.78 is 14.9. The number of aliphatic carboxylic acids is 2. The van der Waals surface area contributed by atoms with Gasteiger partial charge >= 0.3 is 24.0 Å². The van der Waals surface area contributed by atoms with Crippen LogP contribution in [0.5, 0.6) is 0 Å². The second-order valence-corrected chi connectivity index (χ2v) is 11.3. The summed E-state index contributed by atoms with van der Waals surface area (Å²) in [5.74, 6) is -8.69. The Balaban J connectivity index is 2.19. The van der Waals surface area contributed by atoms with Crippen molar-refractivity contribution in [1.82, 2.24) is 26.4 Å². The van der Waals surface area contributed by atoms with E-state index in [1.54, 1.807) is 44.2 Å². The monoisotopic (exact) mass is 709 g/mol. The van der Waals surface area contributed by atoms with E-state index in [4.69, 9.17) is 14.2 Å². The molecule has 2 rings (SSSR count). The molecule has 0 aromatic heterocycles. The first-order chi connectivity index (χ1) is 23.6. The van der Waals surface area contributed by atoms with Crippen molar-refractivity contribution < 1.29 is 67.9 Å². The van der Waals surface area contributed by atoms with Crippen LogP contribution in [0.25, 0.3) is 0 Å². The molecule has 0 aliphatic carbocycles. The predicted molar refractivity (Wildman–Crippen MR) is 168 cm³/mol. The molecule has 0 radical (unpaired) electrons. The number of rotatable bonds is 19. The Hall–Kier alpha value is -5.30. The number of hydrazine groups is 1. The summed E-state index contributed by atoms with van der Waals surface area (Å²) in [4.78, 5) is 100. The highest BCUT2D eigenvalue weighted by Gasteiger charge is 2.53. The van der Waals surface area contributed by atoms with Crippen LogP contribution in [0.15, 0.2) is 30.3 Å². The Morgan fingerprint density at radius 2 is 1.50 bits per heavy atom. The van der Waals surface area contributed by atoms with Crippen molar-refractivity contribution in [2.24, 2.45) is 5.92 Å². The summed E-state index contributed by atoms with van der Waals surface area (Å²) in [6.07, 6.45) is -6.11. The summed E-state index contributed by atoms with van der Waals surface area (Å²) in [7, 11) is 0. The van der Waals surface area contributed by atoms with E-state index >= 15 is 0 Å². The first kappa shape index (κ1) is 40.9. The molecule has 19 nitrogen and oxygen atoms in total. The Kier molecular flexibility index (Phi) is 16.1. The van der Waals surface area contributed by atoms with Crippen LogP contribution in [-0.2, 0) is 54.4 Å². The third-order valence-electron chi connectivity index (χ3n) is 7.38. The number of esters is 1. The number of carboxylic acid groups (broad SMARTS) is 2. The van der Waals surface area contributed by atoms with E-state index in [-0.39, 0.29) is 13.2 Å². The molecule has 276 valence electrons. The minimum atomic E-state index is -1.87. The maximum atomic E-state index is 13.4. The van der Waals surface area contributed by atoms with E-state index in [0.717, 1.165) is 6.92 Å². The lowest BCUT2D eigenvalue weighted by molar-refractivity contribution is -0.152. The average Bonchev–Trinajstić information content (AvgIpc) is 3.87. The Morgan fingerprint density at radius 3 is 2.06 bits per heavy atom. The summed E-state index contributed by atoms with van der Waals surface area (Å²) >= 11 is 0. The van der Waals surface area contributed by atoms with Crippen LogP contribution in [-0.4, -0.2) is 118 Å². The molecule has 0 spiro atoms. The molecule has 1 aromatic rings. The van der Waals surface area contributed by atoms with Gasteiger partial charge in [-0.1, -0.05) is 50.6 Å². The molecule has 0 unspecified atom stereocenters. The number of hydrogen-bond acceptors (Lipinski definition) is 12. The number of benzene rings is 1. The number of amides is 5. The van der Waals surface area contributed by atoms with Gasteiger partial charge in [-0.25, -0.2) is 14.6 Å². The Bertz CT molecular complexity index is 1390. The summed E-state index contributed by atoms with van der Waals surface area (Å²) in [5, 5.41) is 36.2. The largest absolute Gasteiger partial charge is 0.481 e. The zero-order valence-corrected chi connectivity index (χ0v) is 28.0. The second-order valence-electron chi connectivity index (χ2n) is 11.3. The number of carbonyl (C=O) groups excluding carboxylic acids is 6. The predicted octanol–water partition coefficient (Wildman–Crippen LogP) is -1.18. The lowest BCUT2D eigenvalue weighted by Gasteiger charge is -2.29. The SMILES string of the molecule is CCOC(=O)[C@@H]1O[C@H]1C(=O)N(CC(=O)O)NC(=O)[C@@H](NC(=O)[C@H](CCC(=O)O)NC(=O)[C@@H](NC(=O)OCc1ccccc1)[C@@H](C)CC)[C@@H](C)O. The van der Waals surface area contributed by atoms with Gasteiger partial charge in [0, 0.05) is 6.42 Å². The van der Waals surface area contributed by atoms with Crippen LogP contribution >= 0.6 is 0 Å². The third-order valence-corrected chi connectivity index (χ3v) is 7.38. The molecule has 1 saturated heterocycles. The van der Waals surface area contributed by atoms with Gasteiger partial charge in [0.15, 0.2) is 12.2 Å². The van der Waals surface area contributed by atoms with Gasteiger partial charge in [-0.05, 0) is 31.7 Å². The van der Waals surface area contributed by atoms with Gasteiger partial charge in [-0.15, -0.1) is 0 Å². The quantitative estimate of drug-likeness (QED) is 0.0506. The second kappa shape index (κ2) is 19.6. The third kappa shape index (κ3) is 13.0. The molecule has 1 aliphatic rings. The van der Waals surface area contributed by atoms with Crippen LogP contribution in [0.3, 0.4) is 0 Å². The maximum Gasteiger partial charge on any atom is 0.408 e. The molecule has 7 N–H and O–H groups in total. The number of alkyl carbamates (subject to hydrolysis) is 1. The van der Waals surface area contributed by atoms with Crippen molar-refractivity contribution in [1.29, 1.82) is 0 Å². The van der Waals surface area contributed by atoms with Crippen molar-refractivity contribution in [3.63, 3.8) is 0 Å². The van der Waals surface area contributed by atoms with E-state index in [1.807, 2.05) is 5.43 Å². The number of hydrogen-bond donors (Lipinski definition) is 7. The first-order valence-electron chi connectivity index (χ1n) is 15.7. The van der Waals surface area contributed by atoms with E-state index in [9.17, 15) is 53.7 Å². The minimum Gasteiger partial charge on any atom is -0.481 e. The van der Waals surface area contributed by atoms with Crippen LogP contribution in [0.1, 0.15) is 52.5 Å². The Morgan fingerprint density at radius 1 is 0.840 bits per heavy atom. The minimum absolute atomic E-state index is 0.0189. The van der Waals surface area contributed by atoms with Gasteiger partial charge in [0.1, 0.15) is 31.3 Å². The standard InChI is InChI=1S/C31H43N5O14/c1-5-16(3)22(34-31(47)49-15-18-10-8-7-9-11-18)27(43)32-19(12-13-20(38)39)26(42)33-23(17(4)37)28(44)35-36(14-21(40)41)29(45)24-25(50-24)30(46)48-6-2/h7-11,16-17,19,22-25,37H,5-6,12-15H2,1-4H3,(H,32,43)(H,33,42)(H,34,47)(H,35,44)(H,38,39)(H,40,41)/t16-,17+,19-,22-,23-,24+,25+/m0/s1. The summed E-state index contributed by atoms with van der Waals surface area (Å²) in [5.41, 5.74) is 2.66. The number of nitrogens with one attached hydrogen (secondary N) is 4. The number of aliphatic hydroxyl groups is 1. The van der Waals surface area contributed by atoms with Gasteiger partial charge in [-0.3, -0.25) is 34.2 Å². The number of carbonyl (C=O) groups is 8. The molecule has 1 fully saturated rings. The van der Waals surface area contributed by atoms with Crippen molar-refractivity contribution in [2.75, 3.05) is 13.2 Å². The van der Waals surface area contributed by atoms with E-state index in [2.05, 4.69) is 16.0 Å². The van der Waals surface area contributed by atoms with E-state index in [0.29, 0.717) is 17.0 Å². The van der Waals surface area contributed by atoms with Crippen molar-refractivity contribution in [2.45, 2.75) is 90.0 Å². The molecule has 0 saturated carbocycles. The van der Waals surface area contributed by atoms with Crippen LogP contribution < -0.4 is 21.4 Å². The topological polar surface area (TPSA) is 280 Å². The molecule has 1 aromatic carbocycles. The number of epoxide rings is 1.